The largest absolute Gasteiger partial charge is 0.493 e. The van der Waals surface area contributed by atoms with Gasteiger partial charge in [-0.05, 0) is 56.4 Å². The second-order valence-corrected chi connectivity index (χ2v) is 5.30. The summed E-state index contributed by atoms with van der Waals surface area (Å²) in [6.45, 7) is 3.33. The maximum absolute atomic E-state index is 11.8. The molecule has 1 unspecified atom stereocenters. The van der Waals surface area contributed by atoms with Crippen molar-refractivity contribution in [1.82, 2.24) is 5.32 Å². The van der Waals surface area contributed by atoms with E-state index in [0.717, 1.165) is 24.7 Å². The van der Waals surface area contributed by atoms with E-state index in [2.05, 4.69) is 5.32 Å². The summed E-state index contributed by atoms with van der Waals surface area (Å²) in [7, 11) is 0. The van der Waals surface area contributed by atoms with Crippen LogP contribution in [0.1, 0.15) is 36.5 Å². The van der Waals surface area contributed by atoms with Crippen molar-refractivity contribution in [3.8, 4) is 5.75 Å². The molecule has 0 radical (unpaired) electrons. The van der Waals surface area contributed by atoms with Crippen molar-refractivity contribution < 1.29 is 9.53 Å². The molecule has 104 valence electrons. The summed E-state index contributed by atoms with van der Waals surface area (Å²) in [4.78, 5) is 11.8. The first-order valence-corrected chi connectivity index (χ1v) is 6.92. The van der Waals surface area contributed by atoms with E-state index in [4.69, 9.17) is 10.5 Å². The van der Waals surface area contributed by atoms with Crippen molar-refractivity contribution >= 4 is 5.91 Å². The van der Waals surface area contributed by atoms with Crippen molar-refractivity contribution in [2.75, 3.05) is 13.2 Å². The Morgan fingerprint density at radius 1 is 1.42 bits per heavy atom. The molecule has 1 amide bonds. The number of carbonyl (C=O) groups is 1. The van der Waals surface area contributed by atoms with Crippen molar-refractivity contribution in [3.05, 3.63) is 29.8 Å². The molecule has 2 rings (SSSR count). The molecule has 0 heterocycles. The smallest absolute Gasteiger partial charge is 0.251 e. The van der Waals surface area contributed by atoms with E-state index in [1.807, 2.05) is 19.1 Å². The molecule has 1 aliphatic carbocycles. The van der Waals surface area contributed by atoms with Gasteiger partial charge in [0.1, 0.15) is 5.75 Å². The second kappa shape index (κ2) is 6.57. The topological polar surface area (TPSA) is 64.3 Å². The quantitative estimate of drug-likeness (QED) is 0.789. The molecule has 19 heavy (non-hydrogen) atoms. The monoisotopic (exact) mass is 262 g/mol. The van der Waals surface area contributed by atoms with Gasteiger partial charge in [-0.15, -0.1) is 0 Å². The summed E-state index contributed by atoms with van der Waals surface area (Å²) >= 11 is 0. The third-order valence-electron chi connectivity index (χ3n) is 3.18. The fourth-order valence-corrected chi connectivity index (χ4v) is 1.72. The Kier molecular flexibility index (Phi) is 4.80. The number of carbonyl (C=O) groups excluding carboxylic acids is 1. The third-order valence-corrected chi connectivity index (χ3v) is 3.18. The van der Waals surface area contributed by atoms with Gasteiger partial charge in [0, 0.05) is 18.2 Å². The van der Waals surface area contributed by atoms with Gasteiger partial charge >= 0.3 is 0 Å². The van der Waals surface area contributed by atoms with Crippen molar-refractivity contribution in [1.29, 1.82) is 0 Å². The van der Waals surface area contributed by atoms with Gasteiger partial charge in [0.25, 0.3) is 5.91 Å². The lowest BCUT2D eigenvalue weighted by Crippen LogP contribution is -2.28. The van der Waals surface area contributed by atoms with Gasteiger partial charge < -0.3 is 15.8 Å². The molecule has 1 atom stereocenters. The summed E-state index contributed by atoms with van der Waals surface area (Å²) in [6.07, 6.45) is 3.34. The van der Waals surface area contributed by atoms with Crippen molar-refractivity contribution in [2.45, 2.75) is 32.2 Å². The first-order valence-electron chi connectivity index (χ1n) is 6.92. The van der Waals surface area contributed by atoms with E-state index in [1.54, 1.807) is 12.1 Å². The van der Waals surface area contributed by atoms with Crippen LogP contribution in [-0.2, 0) is 0 Å². The predicted octanol–water partition coefficient (Wildman–Crippen LogP) is 1.94. The fourth-order valence-electron chi connectivity index (χ4n) is 1.72. The number of hydrogen-bond acceptors (Lipinski definition) is 3. The van der Waals surface area contributed by atoms with Gasteiger partial charge in [-0.1, -0.05) is 0 Å². The summed E-state index contributed by atoms with van der Waals surface area (Å²) < 4.78 is 5.63. The van der Waals surface area contributed by atoms with Gasteiger partial charge in [0.2, 0.25) is 0 Å². The van der Waals surface area contributed by atoms with Crippen LogP contribution in [0.2, 0.25) is 0 Å². The molecule has 4 heteroatoms. The molecule has 0 aromatic heterocycles. The first-order chi connectivity index (χ1) is 9.15. The van der Waals surface area contributed by atoms with Crippen molar-refractivity contribution in [3.63, 3.8) is 0 Å². The molecule has 1 aliphatic rings. The Balaban J connectivity index is 1.77. The lowest BCUT2D eigenvalue weighted by Gasteiger charge is -2.08. The average molecular weight is 262 g/mol. The molecule has 1 saturated carbocycles. The predicted molar refractivity (Wildman–Crippen MR) is 75.3 cm³/mol. The highest BCUT2D eigenvalue weighted by Crippen LogP contribution is 2.29. The van der Waals surface area contributed by atoms with E-state index < -0.39 is 0 Å². The number of benzene rings is 1. The van der Waals surface area contributed by atoms with Gasteiger partial charge in [0.05, 0.1) is 6.61 Å². The summed E-state index contributed by atoms with van der Waals surface area (Å²) in [5, 5.41) is 2.85. The van der Waals surface area contributed by atoms with Crippen LogP contribution in [0.15, 0.2) is 24.3 Å². The molecule has 0 spiro atoms. The minimum absolute atomic E-state index is 0.0607. The fraction of sp³-hybridized carbons (Fsp3) is 0.533. The summed E-state index contributed by atoms with van der Waals surface area (Å²) in [6, 6.07) is 7.40. The van der Waals surface area contributed by atoms with Crippen LogP contribution in [0.4, 0.5) is 0 Å². The molecular weight excluding hydrogens is 240 g/mol. The lowest BCUT2D eigenvalue weighted by molar-refractivity contribution is 0.0953. The zero-order chi connectivity index (χ0) is 13.7. The zero-order valence-corrected chi connectivity index (χ0v) is 11.4. The van der Waals surface area contributed by atoms with Crippen LogP contribution in [0, 0.1) is 5.92 Å². The van der Waals surface area contributed by atoms with E-state index in [1.165, 1.54) is 12.8 Å². The van der Waals surface area contributed by atoms with Gasteiger partial charge in [-0.25, -0.2) is 0 Å². The highest BCUT2D eigenvalue weighted by atomic mass is 16.5. The molecule has 1 aromatic rings. The molecule has 4 nitrogen and oxygen atoms in total. The zero-order valence-electron chi connectivity index (χ0n) is 11.4. The summed E-state index contributed by atoms with van der Waals surface area (Å²) in [5.41, 5.74) is 6.29. The SMILES string of the molecule is CC(N)CCNC(=O)c1ccc(OCC2CC2)cc1. The Labute approximate surface area is 114 Å². The summed E-state index contributed by atoms with van der Waals surface area (Å²) in [5.74, 6) is 1.51. The van der Waals surface area contributed by atoms with E-state index in [-0.39, 0.29) is 11.9 Å². The van der Waals surface area contributed by atoms with Gasteiger partial charge in [-0.3, -0.25) is 4.79 Å². The van der Waals surface area contributed by atoms with Gasteiger partial charge in [0.15, 0.2) is 0 Å². The standard InChI is InChI=1S/C15H22N2O2/c1-11(16)8-9-17-15(18)13-4-6-14(7-5-13)19-10-12-2-3-12/h4-7,11-12H,2-3,8-10,16H2,1H3,(H,17,18). The van der Waals surface area contributed by atoms with Gasteiger partial charge in [-0.2, -0.15) is 0 Å². The highest BCUT2D eigenvalue weighted by molar-refractivity contribution is 5.94. The van der Waals surface area contributed by atoms with E-state index >= 15 is 0 Å². The highest BCUT2D eigenvalue weighted by Gasteiger charge is 2.21. The van der Waals surface area contributed by atoms with Crippen LogP contribution in [0.3, 0.4) is 0 Å². The number of rotatable bonds is 7. The normalized spacial score (nSPS) is 15.9. The minimum atomic E-state index is -0.0607. The second-order valence-electron chi connectivity index (χ2n) is 5.30. The van der Waals surface area contributed by atoms with Crippen LogP contribution < -0.4 is 15.8 Å². The molecule has 0 aliphatic heterocycles. The molecule has 0 saturated heterocycles. The third kappa shape index (κ3) is 4.91. The number of ether oxygens (including phenoxy) is 1. The van der Waals surface area contributed by atoms with Crippen molar-refractivity contribution in [2.24, 2.45) is 11.7 Å². The number of nitrogens with two attached hydrogens (primary N) is 1. The van der Waals surface area contributed by atoms with E-state index in [9.17, 15) is 4.79 Å². The first kappa shape index (κ1) is 13.9. The Bertz CT molecular complexity index is 411. The Morgan fingerprint density at radius 2 is 2.11 bits per heavy atom. The number of amides is 1. The average Bonchev–Trinajstić information content (AvgIpc) is 3.20. The van der Waals surface area contributed by atoms with Crippen LogP contribution in [0.25, 0.3) is 0 Å². The Hall–Kier alpha value is -1.55. The molecular formula is C15H22N2O2. The number of nitrogens with one attached hydrogen (secondary N) is 1. The number of hydrogen-bond donors (Lipinski definition) is 2. The van der Waals surface area contributed by atoms with Crippen LogP contribution >= 0.6 is 0 Å². The molecule has 0 bridgehead atoms. The maximum Gasteiger partial charge on any atom is 0.251 e. The minimum Gasteiger partial charge on any atom is -0.493 e. The molecule has 1 fully saturated rings. The maximum atomic E-state index is 11.8. The Morgan fingerprint density at radius 3 is 2.68 bits per heavy atom. The van der Waals surface area contributed by atoms with Crippen LogP contribution in [-0.4, -0.2) is 25.1 Å². The van der Waals surface area contributed by atoms with Crippen LogP contribution in [0.5, 0.6) is 5.75 Å². The van der Waals surface area contributed by atoms with E-state index in [0.29, 0.717) is 12.1 Å². The molecule has 3 N–H and O–H groups in total. The lowest BCUT2D eigenvalue weighted by atomic mass is 10.2. The molecule has 1 aromatic carbocycles.